The van der Waals surface area contributed by atoms with Gasteiger partial charge in [0.1, 0.15) is 11.8 Å². The highest BCUT2D eigenvalue weighted by Crippen LogP contribution is 2.37. The molecule has 0 aromatic heterocycles. The maximum absolute atomic E-state index is 12.4. The maximum atomic E-state index is 12.4. The van der Waals surface area contributed by atoms with E-state index in [2.05, 4.69) is 5.32 Å². The van der Waals surface area contributed by atoms with E-state index in [0.717, 1.165) is 5.56 Å². The van der Waals surface area contributed by atoms with Crippen LogP contribution in [0.2, 0.25) is 0 Å². The molecule has 2 N–H and O–H groups in total. The average molecular weight is 320 g/mol. The van der Waals surface area contributed by atoms with Gasteiger partial charge < -0.3 is 20.1 Å². The number of carbonyl (C=O) groups is 3. The molecule has 7 nitrogen and oxygen atoms in total. The number of ether oxygens (including phenoxy) is 1. The lowest BCUT2D eigenvalue weighted by Gasteiger charge is -2.25. The fourth-order valence-electron chi connectivity index (χ4n) is 2.74. The third-order valence-corrected chi connectivity index (χ3v) is 4.11. The minimum atomic E-state index is -1.11. The number of carbonyl (C=O) groups excluding carboxylic acids is 2. The van der Waals surface area contributed by atoms with E-state index in [1.165, 1.54) is 11.8 Å². The lowest BCUT2D eigenvalue weighted by molar-refractivity contribution is -0.142. The van der Waals surface area contributed by atoms with Crippen LogP contribution in [0.4, 0.5) is 0 Å². The van der Waals surface area contributed by atoms with E-state index in [-0.39, 0.29) is 12.3 Å². The molecule has 1 aromatic carbocycles. The first-order valence-corrected chi connectivity index (χ1v) is 7.28. The molecular weight excluding hydrogens is 300 g/mol. The topological polar surface area (TPSA) is 95.9 Å². The van der Waals surface area contributed by atoms with Gasteiger partial charge in [0, 0.05) is 13.5 Å². The molecule has 23 heavy (non-hydrogen) atoms. The Morgan fingerprint density at radius 1 is 1.35 bits per heavy atom. The molecule has 7 heteroatoms. The molecule has 1 aromatic rings. The minimum Gasteiger partial charge on any atom is -0.497 e. The van der Waals surface area contributed by atoms with Crippen molar-refractivity contribution in [1.29, 1.82) is 0 Å². The predicted octanol–water partition coefficient (Wildman–Crippen LogP) is 0.804. The summed E-state index contributed by atoms with van der Waals surface area (Å²) in [6.07, 6.45) is 0.0609. The van der Waals surface area contributed by atoms with Crippen molar-refractivity contribution in [3.8, 4) is 5.75 Å². The summed E-state index contributed by atoms with van der Waals surface area (Å²) in [5.74, 6) is -1.63. The van der Waals surface area contributed by atoms with E-state index >= 15 is 0 Å². The van der Waals surface area contributed by atoms with Crippen molar-refractivity contribution in [2.75, 3.05) is 14.2 Å². The Labute approximate surface area is 134 Å². The summed E-state index contributed by atoms with van der Waals surface area (Å²) >= 11 is 0. The number of aliphatic carboxylic acids is 1. The second-order valence-electron chi connectivity index (χ2n) is 5.60. The average Bonchev–Trinajstić information content (AvgIpc) is 2.83. The molecule has 2 unspecified atom stereocenters. The zero-order valence-electron chi connectivity index (χ0n) is 13.3. The lowest BCUT2D eigenvalue weighted by Crippen LogP contribution is -2.43. The van der Waals surface area contributed by atoms with Crippen LogP contribution in [-0.2, 0) is 14.4 Å². The largest absolute Gasteiger partial charge is 0.497 e. The lowest BCUT2D eigenvalue weighted by atomic mass is 9.92. The molecule has 0 aliphatic carbocycles. The Kier molecular flexibility index (Phi) is 4.88. The summed E-state index contributed by atoms with van der Waals surface area (Å²) in [7, 11) is 3.20. The van der Waals surface area contributed by atoms with Crippen molar-refractivity contribution in [2.24, 2.45) is 5.92 Å². The fraction of sp³-hybridized carbons (Fsp3) is 0.438. The predicted molar refractivity (Wildman–Crippen MR) is 81.9 cm³/mol. The second kappa shape index (κ2) is 6.68. The van der Waals surface area contributed by atoms with Crippen LogP contribution in [0.5, 0.6) is 5.75 Å². The molecule has 1 aliphatic heterocycles. The molecule has 3 atom stereocenters. The molecule has 1 aliphatic rings. The Balaban J connectivity index is 2.24. The first kappa shape index (κ1) is 16.8. The summed E-state index contributed by atoms with van der Waals surface area (Å²) in [6.45, 7) is 1.39. The van der Waals surface area contributed by atoms with Crippen molar-refractivity contribution in [3.63, 3.8) is 0 Å². The van der Waals surface area contributed by atoms with E-state index in [1.807, 2.05) is 0 Å². The number of hydrogen-bond donors (Lipinski definition) is 2. The SMILES string of the molecule is COc1ccc(C2C(C(=O)N[C@@H](C)C(=O)O)CC(=O)N2C)cc1. The maximum Gasteiger partial charge on any atom is 0.325 e. The number of amides is 2. The number of hydrogen-bond acceptors (Lipinski definition) is 4. The molecule has 2 amide bonds. The molecular formula is C16H20N2O5. The summed E-state index contributed by atoms with van der Waals surface area (Å²) in [5, 5.41) is 11.4. The van der Waals surface area contributed by atoms with Gasteiger partial charge in [-0.2, -0.15) is 0 Å². The number of carboxylic acids is 1. The molecule has 0 spiro atoms. The van der Waals surface area contributed by atoms with Crippen molar-refractivity contribution in [2.45, 2.75) is 25.4 Å². The second-order valence-corrected chi connectivity index (χ2v) is 5.60. The Morgan fingerprint density at radius 2 is 1.96 bits per heavy atom. The van der Waals surface area contributed by atoms with Crippen LogP contribution in [0.25, 0.3) is 0 Å². The minimum absolute atomic E-state index is 0.0609. The zero-order chi connectivity index (χ0) is 17.1. The first-order chi connectivity index (χ1) is 10.8. The van der Waals surface area contributed by atoms with Gasteiger partial charge in [-0.3, -0.25) is 14.4 Å². The van der Waals surface area contributed by atoms with Crippen molar-refractivity contribution in [1.82, 2.24) is 10.2 Å². The van der Waals surface area contributed by atoms with Crippen LogP contribution in [0, 0.1) is 5.92 Å². The van der Waals surface area contributed by atoms with Crippen molar-refractivity contribution >= 4 is 17.8 Å². The van der Waals surface area contributed by atoms with Gasteiger partial charge in [0.2, 0.25) is 11.8 Å². The third kappa shape index (κ3) is 3.44. The highest BCUT2D eigenvalue weighted by molar-refractivity contribution is 5.92. The van der Waals surface area contributed by atoms with Crippen LogP contribution < -0.4 is 10.1 Å². The Bertz CT molecular complexity index is 613. The number of nitrogens with one attached hydrogen (secondary N) is 1. The standard InChI is InChI=1S/C16H20N2O5/c1-9(16(21)22)17-15(20)12-8-13(19)18(2)14(12)10-4-6-11(23-3)7-5-10/h4-7,9,12,14H,8H2,1-3H3,(H,17,20)(H,21,22)/t9-,12?,14?/m0/s1. The van der Waals surface area contributed by atoms with E-state index in [1.54, 1.807) is 38.4 Å². The van der Waals surface area contributed by atoms with Crippen LogP contribution in [-0.4, -0.2) is 48.0 Å². The summed E-state index contributed by atoms with van der Waals surface area (Å²) in [4.78, 5) is 36.8. The number of methoxy groups -OCH3 is 1. The first-order valence-electron chi connectivity index (χ1n) is 7.28. The Hall–Kier alpha value is -2.57. The molecule has 0 radical (unpaired) electrons. The van der Waals surface area contributed by atoms with Crippen LogP contribution in [0.15, 0.2) is 24.3 Å². The third-order valence-electron chi connectivity index (χ3n) is 4.11. The number of benzene rings is 1. The van der Waals surface area contributed by atoms with Gasteiger partial charge in [-0.1, -0.05) is 12.1 Å². The molecule has 1 heterocycles. The van der Waals surface area contributed by atoms with E-state index in [4.69, 9.17) is 9.84 Å². The number of carboxylic acid groups (broad SMARTS) is 1. The van der Waals surface area contributed by atoms with E-state index < -0.39 is 29.9 Å². The van der Waals surface area contributed by atoms with E-state index in [0.29, 0.717) is 5.75 Å². The van der Waals surface area contributed by atoms with Gasteiger partial charge in [0.25, 0.3) is 0 Å². The van der Waals surface area contributed by atoms with Crippen LogP contribution in [0.3, 0.4) is 0 Å². The Morgan fingerprint density at radius 3 is 2.48 bits per heavy atom. The normalized spacial score (nSPS) is 21.9. The highest BCUT2D eigenvalue weighted by Gasteiger charge is 2.43. The zero-order valence-corrected chi connectivity index (χ0v) is 13.3. The van der Waals surface area contributed by atoms with E-state index in [9.17, 15) is 14.4 Å². The molecule has 2 rings (SSSR count). The van der Waals surface area contributed by atoms with Gasteiger partial charge >= 0.3 is 5.97 Å². The van der Waals surface area contributed by atoms with Crippen LogP contribution >= 0.6 is 0 Å². The number of likely N-dealkylation sites (tertiary alicyclic amines) is 1. The molecule has 1 saturated heterocycles. The van der Waals surface area contributed by atoms with Crippen molar-refractivity contribution in [3.05, 3.63) is 29.8 Å². The van der Waals surface area contributed by atoms with Gasteiger partial charge in [-0.25, -0.2) is 0 Å². The monoisotopic (exact) mass is 320 g/mol. The molecule has 1 fully saturated rings. The van der Waals surface area contributed by atoms with Gasteiger partial charge in [-0.15, -0.1) is 0 Å². The highest BCUT2D eigenvalue weighted by atomic mass is 16.5. The fourth-order valence-corrected chi connectivity index (χ4v) is 2.74. The smallest absolute Gasteiger partial charge is 0.325 e. The summed E-state index contributed by atoms with van der Waals surface area (Å²) in [6, 6.07) is 5.72. The van der Waals surface area contributed by atoms with Gasteiger partial charge in [-0.05, 0) is 24.6 Å². The molecule has 0 bridgehead atoms. The molecule has 124 valence electrons. The summed E-state index contributed by atoms with van der Waals surface area (Å²) in [5.41, 5.74) is 0.808. The van der Waals surface area contributed by atoms with Crippen LogP contribution in [0.1, 0.15) is 24.9 Å². The number of nitrogens with zero attached hydrogens (tertiary/aromatic N) is 1. The summed E-state index contributed by atoms with van der Waals surface area (Å²) < 4.78 is 5.11. The molecule has 0 saturated carbocycles. The number of rotatable bonds is 5. The van der Waals surface area contributed by atoms with Gasteiger partial charge in [0.05, 0.1) is 19.1 Å². The quantitative estimate of drug-likeness (QED) is 0.837. The van der Waals surface area contributed by atoms with Crippen molar-refractivity contribution < 1.29 is 24.2 Å². The van der Waals surface area contributed by atoms with Gasteiger partial charge in [0.15, 0.2) is 0 Å².